The fourth-order valence-electron chi connectivity index (χ4n) is 2.08. The number of hydrogen-bond donors (Lipinski definition) is 0. The second-order valence-electron chi connectivity index (χ2n) is 4.35. The lowest BCUT2D eigenvalue weighted by Crippen LogP contribution is -2.23. The van der Waals surface area contributed by atoms with Gasteiger partial charge in [-0.15, -0.1) is 0 Å². The number of fused-ring (bicyclic) bond motifs is 1. The third-order valence-electron chi connectivity index (χ3n) is 3.12. The standard InChI is InChI=1S/C15H11NO2S/c1-10(11-6-7-19-9-11)8-16-14(17)12-4-2-3-5-13(12)15(16)18/h2-9H,1H3. The molecule has 2 amide bonds. The zero-order valence-corrected chi connectivity index (χ0v) is 11.1. The molecular weight excluding hydrogens is 258 g/mol. The first kappa shape index (κ1) is 11.9. The Balaban J connectivity index is 1.99. The molecule has 3 nitrogen and oxygen atoms in total. The molecule has 1 aliphatic rings. The molecule has 1 aromatic carbocycles. The van der Waals surface area contributed by atoms with Gasteiger partial charge in [-0.1, -0.05) is 12.1 Å². The van der Waals surface area contributed by atoms with Crippen LogP contribution >= 0.6 is 11.3 Å². The van der Waals surface area contributed by atoms with Crippen molar-refractivity contribution in [1.29, 1.82) is 0 Å². The van der Waals surface area contributed by atoms with E-state index < -0.39 is 0 Å². The number of allylic oxidation sites excluding steroid dienone is 1. The Kier molecular flexibility index (Phi) is 2.80. The largest absolute Gasteiger partial charge is 0.268 e. The SMILES string of the molecule is CC(=CN1C(=O)c2ccccc2C1=O)c1ccsc1. The van der Waals surface area contributed by atoms with Crippen LogP contribution in [-0.4, -0.2) is 16.7 Å². The van der Waals surface area contributed by atoms with E-state index in [-0.39, 0.29) is 11.8 Å². The smallest absolute Gasteiger partial charge is 0.265 e. The highest BCUT2D eigenvalue weighted by molar-refractivity contribution is 7.08. The van der Waals surface area contributed by atoms with Crippen molar-refractivity contribution in [1.82, 2.24) is 4.90 Å². The van der Waals surface area contributed by atoms with Gasteiger partial charge in [-0.25, -0.2) is 4.90 Å². The average molecular weight is 269 g/mol. The van der Waals surface area contributed by atoms with E-state index >= 15 is 0 Å². The first-order chi connectivity index (χ1) is 9.18. The minimum absolute atomic E-state index is 0.254. The van der Waals surface area contributed by atoms with Crippen molar-refractivity contribution in [3.63, 3.8) is 0 Å². The number of imide groups is 1. The molecule has 0 atom stereocenters. The minimum atomic E-state index is -0.254. The third kappa shape index (κ3) is 1.90. The average Bonchev–Trinajstić information content (AvgIpc) is 3.03. The Morgan fingerprint density at radius 1 is 1.11 bits per heavy atom. The van der Waals surface area contributed by atoms with E-state index in [1.54, 1.807) is 41.8 Å². The summed E-state index contributed by atoms with van der Waals surface area (Å²) in [7, 11) is 0. The monoisotopic (exact) mass is 269 g/mol. The maximum Gasteiger partial charge on any atom is 0.265 e. The lowest BCUT2D eigenvalue weighted by atomic mass is 10.1. The van der Waals surface area contributed by atoms with E-state index in [1.807, 2.05) is 23.8 Å². The molecule has 0 N–H and O–H groups in total. The summed E-state index contributed by atoms with van der Waals surface area (Å²) in [5, 5.41) is 3.96. The molecule has 3 rings (SSSR count). The molecule has 0 saturated heterocycles. The fraction of sp³-hybridized carbons (Fsp3) is 0.0667. The topological polar surface area (TPSA) is 37.4 Å². The molecule has 0 spiro atoms. The lowest BCUT2D eigenvalue weighted by Gasteiger charge is -2.09. The van der Waals surface area contributed by atoms with E-state index in [2.05, 4.69) is 0 Å². The van der Waals surface area contributed by atoms with E-state index in [0.717, 1.165) is 11.1 Å². The van der Waals surface area contributed by atoms with Crippen LogP contribution in [0.4, 0.5) is 0 Å². The van der Waals surface area contributed by atoms with Crippen LogP contribution in [0.1, 0.15) is 33.2 Å². The number of rotatable bonds is 2. The molecule has 1 aromatic heterocycles. The molecule has 0 aliphatic carbocycles. The van der Waals surface area contributed by atoms with Gasteiger partial charge in [0.1, 0.15) is 0 Å². The summed E-state index contributed by atoms with van der Waals surface area (Å²) >= 11 is 1.59. The van der Waals surface area contributed by atoms with Crippen molar-refractivity contribution < 1.29 is 9.59 Å². The molecule has 0 radical (unpaired) electrons. The summed E-state index contributed by atoms with van der Waals surface area (Å²) in [6.45, 7) is 1.89. The van der Waals surface area contributed by atoms with Crippen molar-refractivity contribution >= 4 is 28.7 Å². The van der Waals surface area contributed by atoms with Gasteiger partial charge >= 0.3 is 0 Å². The highest BCUT2D eigenvalue weighted by Crippen LogP contribution is 2.25. The van der Waals surface area contributed by atoms with Crippen LogP contribution < -0.4 is 0 Å². The molecule has 0 bridgehead atoms. The zero-order chi connectivity index (χ0) is 13.4. The van der Waals surface area contributed by atoms with Gasteiger partial charge in [0.15, 0.2) is 0 Å². The quantitative estimate of drug-likeness (QED) is 0.783. The molecule has 2 heterocycles. The fourth-order valence-corrected chi connectivity index (χ4v) is 2.80. The van der Waals surface area contributed by atoms with Gasteiger partial charge in [0.25, 0.3) is 11.8 Å². The van der Waals surface area contributed by atoms with E-state index in [9.17, 15) is 9.59 Å². The maximum atomic E-state index is 12.2. The molecule has 94 valence electrons. The van der Waals surface area contributed by atoms with Gasteiger partial charge in [-0.3, -0.25) is 9.59 Å². The molecule has 0 unspecified atom stereocenters. The first-order valence-electron chi connectivity index (χ1n) is 5.86. The zero-order valence-electron chi connectivity index (χ0n) is 10.3. The van der Waals surface area contributed by atoms with Crippen LogP contribution in [0.2, 0.25) is 0 Å². The van der Waals surface area contributed by atoms with E-state index in [0.29, 0.717) is 11.1 Å². The number of carbonyl (C=O) groups excluding carboxylic acids is 2. The van der Waals surface area contributed by atoms with Gasteiger partial charge in [-0.2, -0.15) is 11.3 Å². The minimum Gasteiger partial charge on any atom is -0.268 e. The second-order valence-corrected chi connectivity index (χ2v) is 5.13. The summed E-state index contributed by atoms with van der Waals surface area (Å²) < 4.78 is 0. The molecule has 0 saturated carbocycles. The van der Waals surface area contributed by atoms with E-state index in [1.165, 1.54) is 4.90 Å². The predicted octanol–water partition coefficient (Wildman–Crippen LogP) is 3.41. The summed E-state index contributed by atoms with van der Waals surface area (Å²) in [5.41, 5.74) is 2.88. The number of carbonyl (C=O) groups is 2. The van der Waals surface area contributed by atoms with Gasteiger partial charge in [0.05, 0.1) is 11.1 Å². The van der Waals surface area contributed by atoms with Gasteiger partial charge < -0.3 is 0 Å². The number of thiophene rings is 1. The Hall–Kier alpha value is -2.20. The summed E-state index contributed by atoms with van der Waals surface area (Å²) in [6.07, 6.45) is 1.62. The number of hydrogen-bond acceptors (Lipinski definition) is 3. The van der Waals surface area contributed by atoms with Crippen LogP contribution in [0.25, 0.3) is 5.57 Å². The molecule has 0 fully saturated rings. The highest BCUT2D eigenvalue weighted by Gasteiger charge is 2.33. The van der Waals surface area contributed by atoms with Crippen molar-refractivity contribution in [2.24, 2.45) is 0 Å². The summed E-state index contributed by atoms with van der Waals surface area (Å²) in [6, 6.07) is 8.87. The van der Waals surface area contributed by atoms with E-state index in [4.69, 9.17) is 0 Å². The Bertz CT molecular complexity index is 651. The van der Waals surface area contributed by atoms with Crippen molar-refractivity contribution in [3.8, 4) is 0 Å². The molecule has 4 heteroatoms. The second kappa shape index (κ2) is 4.48. The lowest BCUT2D eigenvalue weighted by molar-refractivity contribution is 0.0722. The van der Waals surface area contributed by atoms with Crippen molar-refractivity contribution in [3.05, 3.63) is 64.0 Å². The van der Waals surface area contributed by atoms with Crippen molar-refractivity contribution in [2.45, 2.75) is 6.92 Å². The van der Waals surface area contributed by atoms with Gasteiger partial charge in [0.2, 0.25) is 0 Å². The molecule has 19 heavy (non-hydrogen) atoms. The predicted molar refractivity (Wildman–Crippen MR) is 74.9 cm³/mol. The number of amides is 2. The Morgan fingerprint density at radius 2 is 1.74 bits per heavy atom. The summed E-state index contributed by atoms with van der Waals surface area (Å²) in [4.78, 5) is 25.5. The summed E-state index contributed by atoms with van der Waals surface area (Å²) in [5.74, 6) is -0.509. The van der Waals surface area contributed by atoms with Crippen LogP contribution in [0.5, 0.6) is 0 Å². The molecule has 2 aromatic rings. The normalized spacial score (nSPS) is 15.0. The van der Waals surface area contributed by atoms with Gasteiger partial charge in [-0.05, 0) is 47.0 Å². The van der Waals surface area contributed by atoms with Crippen molar-refractivity contribution in [2.75, 3.05) is 0 Å². The van der Waals surface area contributed by atoms with Gasteiger partial charge in [0, 0.05) is 6.20 Å². The van der Waals surface area contributed by atoms with Crippen LogP contribution in [0.3, 0.4) is 0 Å². The van der Waals surface area contributed by atoms with Crippen LogP contribution in [0.15, 0.2) is 47.3 Å². The highest BCUT2D eigenvalue weighted by atomic mass is 32.1. The third-order valence-corrected chi connectivity index (χ3v) is 3.81. The first-order valence-corrected chi connectivity index (χ1v) is 6.80. The molecular formula is C15H11NO2S. The molecule has 1 aliphatic heterocycles. The Labute approximate surface area is 114 Å². The number of benzene rings is 1. The number of nitrogens with zero attached hydrogens (tertiary/aromatic N) is 1. The van der Waals surface area contributed by atoms with Crippen LogP contribution in [0, 0.1) is 0 Å². The maximum absolute atomic E-state index is 12.2. The Morgan fingerprint density at radius 3 is 2.26 bits per heavy atom. The van der Waals surface area contributed by atoms with Crippen LogP contribution in [-0.2, 0) is 0 Å².